The third-order valence-corrected chi connectivity index (χ3v) is 7.68. The van der Waals surface area contributed by atoms with Gasteiger partial charge >= 0.3 is 0 Å². The molecule has 4 atom stereocenters. The Kier molecular flexibility index (Phi) is 7.43. The van der Waals surface area contributed by atoms with Crippen molar-refractivity contribution in [3.8, 4) is 11.1 Å². The number of benzene rings is 2. The minimum Gasteiger partial charge on any atom is -0.206 e. The van der Waals surface area contributed by atoms with Gasteiger partial charge in [0.1, 0.15) is 5.82 Å². The van der Waals surface area contributed by atoms with Crippen molar-refractivity contribution in [2.24, 2.45) is 17.8 Å². The van der Waals surface area contributed by atoms with Crippen molar-refractivity contribution in [3.63, 3.8) is 0 Å². The lowest BCUT2D eigenvalue weighted by Crippen LogP contribution is -2.30. The van der Waals surface area contributed by atoms with Crippen LogP contribution < -0.4 is 0 Å². The van der Waals surface area contributed by atoms with Crippen LogP contribution in [0.5, 0.6) is 0 Å². The molecule has 4 rings (SSSR count). The molecule has 2 aliphatic carbocycles. The summed E-state index contributed by atoms with van der Waals surface area (Å²) in [4.78, 5) is 0. The van der Waals surface area contributed by atoms with Crippen molar-refractivity contribution in [2.45, 2.75) is 71.1 Å². The first-order valence-corrected chi connectivity index (χ1v) is 12.3. The van der Waals surface area contributed by atoms with Gasteiger partial charge in [-0.25, -0.2) is 4.39 Å². The van der Waals surface area contributed by atoms with Crippen LogP contribution >= 0.6 is 0 Å². The molecule has 0 heterocycles. The van der Waals surface area contributed by atoms with Crippen LogP contribution in [-0.2, 0) is 6.42 Å². The summed E-state index contributed by atoms with van der Waals surface area (Å²) in [5.74, 6) is 2.95. The Labute approximate surface area is 188 Å². The molecule has 0 aromatic heterocycles. The van der Waals surface area contributed by atoms with Crippen molar-refractivity contribution in [1.82, 2.24) is 0 Å². The SMILES string of the molecule is C/C=C/CCc1ccc(-c2ccc(C3CCC4CC(/C=C/C)CCC4C3)cc2F)cc1. The van der Waals surface area contributed by atoms with Crippen LogP contribution in [0.2, 0.25) is 0 Å². The van der Waals surface area contributed by atoms with E-state index in [9.17, 15) is 0 Å². The summed E-state index contributed by atoms with van der Waals surface area (Å²) in [6.07, 6.45) is 18.8. The Morgan fingerprint density at radius 1 is 0.871 bits per heavy atom. The largest absolute Gasteiger partial charge is 0.206 e. The van der Waals surface area contributed by atoms with Gasteiger partial charge in [0.25, 0.3) is 0 Å². The first kappa shape index (κ1) is 22.1. The number of halogens is 1. The molecule has 0 amide bonds. The maximum Gasteiger partial charge on any atom is 0.131 e. The van der Waals surface area contributed by atoms with E-state index in [1.54, 1.807) is 0 Å². The summed E-state index contributed by atoms with van der Waals surface area (Å²) in [5.41, 5.74) is 4.21. The fourth-order valence-electron chi connectivity index (χ4n) is 5.96. The molecule has 2 saturated carbocycles. The number of hydrogen-bond acceptors (Lipinski definition) is 0. The molecule has 1 heteroatoms. The zero-order valence-corrected chi connectivity index (χ0v) is 19.2. The quantitative estimate of drug-likeness (QED) is 0.412. The Balaban J connectivity index is 1.41. The van der Waals surface area contributed by atoms with Gasteiger partial charge in [0.2, 0.25) is 0 Å². The second-order valence-corrected chi connectivity index (χ2v) is 9.67. The van der Waals surface area contributed by atoms with E-state index in [-0.39, 0.29) is 5.82 Å². The van der Waals surface area contributed by atoms with Crippen LogP contribution in [0, 0.1) is 23.6 Å². The highest BCUT2D eigenvalue weighted by atomic mass is 19.1. The molecular weight excluding hydrogens is 379 g/mol. The molecule has 0 bridgehead atoms. The van der Waals surface area contributed by atoms with E-state index in [1.165, 1.54) is 49.7 Å². The number of fused-ring (bicyclic) bond motifs is 1. The maximum absolute atomic E-state index is 15.1. The molecule has 2 aromatic carbocycles. The van der Waals surface area contributed by atoms with Gasteiger partial charge in [0.15, 0.2) is 0 Å². The van der Waals surface area contributed by atoms with Crippen molar-refractivity contribution in [3.05, 3.63) is 83.7 Å². The molecule has 2 aliphatic rings. The summed E-state index contributed by atoms with van der Waals surface area (Å²) in [6.45, 7) is 4.19. The molecular formula is C30H37F. The van der Waals surface area contributed by atoms with Gasteiger partial charge in [-0.15, -0.1) is 0 Å². The van der Waals surface area contributed by atoms with E-state index in [0.717, 1.165) is 41.7 Å². The third-order valence-electron chi connectivity index (χ3n) is 7.68. The van der Waals surface area contributed by atoms with Gasteiger partial charge in [0, 0.05) is 5.56 Å². The average molecular weight is 417 g/mol. The second kappa shape index (κ2) is 10.4. The van der Waals surface area contributed by atoms with Crippen molar-refractivity contribution in [1.29, 1.82) is 0 Å². The summed E-state index contributed by atoms with van der Waals surface area (Å²) in [7, 11) is 0. The first-order chi connectivity index (χ1) is 15.2. The molecule has 0 radical (unpaired) electrons. The van der Waals surface area contributed by atoms with Crippen LogP contribution in [0.1, 0.15) is 75.8 Å². The lowest BCUT2D eigenvalue weighted by atomic mass is 9.64. The highest BCUT2D eigenvalue weighted by Gasteiger charge is 2.35. The summed E-state index contributed by atoms with van der Waals surface area (Å²) in [6, 6.07) is 14.4. The van der Waals surface area contributed by atoms with Crippen LogP contribution in [0.3, 0.4) is 0 Å². The number of rotatable bonds is 6. The fraction of sp³-hybridized carbons (Fsp3) is 0.467. The van der Waals surface area contributed by atoms with E-state index in [0.29, 0.717) is 5.92 Å². The zero-order valence-electron chi connectivity index (χ0n) is 19.2. The Hall–Kier alpha value is -2.15. The molecule has 0 N–H and O–H groups in total. The lowest BCUT2D eigenvalue weighted by molar-refractivity contribution is 0.133. The molecule has 4 unspecified atom stereocenters. The summed E-state index contributed by atoms with van der Waals surface area (Å²) >= 11 is 0. The zero-order chi connectivity index (χ0) is 21.6. The Bertz CT molecular complexity index is 905. The molecule has 31 heavy (non-hydrogen) atoms. The summed E-state index contributed by atoms with van der Waals surface area (Å²) < 4.78 is 15.1. The van der Waals surface area contributed by atoms with Gasteiger partial charge in [-0.2, -0.15) is 0 Å². The van der Waals surface area contributed by atoms with E-state index >= 15 is 4.39 Å². The van der Waals surface area contributed by atoms with Crippen molar-refractivity contribution in [2.75, 3.05) is 0 Å². The van der Waals surface area contributed by atoms with Crippen LogP contribution in [0.25, 0.3) is 11.1 Å². The van der Waals surface area contributed by atoms with Crippen LogP contribution in [0.4, 0.5) is 4.39 Å². The van der Waals surface area contributed by atoms with E-state index in [4.69, 9.17) is 0 Å². The molecule has 164 valence electrons. The number of hydrogen-bond donors (Lipinski definition) is 0. The molecule has 0 saturated heterocycles. The predicted molar refractivity (Wildman–Crippen MR) is 131 cm³/mol. The highest BCUT2D eigenvalue weighted by Crippen LogP contribution is 2.48. The normalized spacial score (nSPS) is 26.4. The number of allylic oxidation sites excluding steroid dienone is 4. The van der Waals surface area contributed by atoms with Gasteiger partial charge in [-0.3, -0.25) is 0 Å². The lowest BCUT2D eigenvalue weighted by Gasteiger charge is -2.41. The second-order valence-electron chi connectivity index (χ2n) is 9.67. The third kappa shape index (κ3) is 5.37. The van der Waals surface area contributed by atoms with Crippen molar-refractivity contribution >= 4 is 0 Å². The minimum absolute atomic E-state index is 0.0712. The Morgan fingerprint density at radius 3 is 2.39 bits per heavy atom. The predicted octanol–water partition coefficient (Wildman–Crippen LogP) is 8.88. The van der Waals surface area contributed by atoms with E-state index < -0.39 is 0 Å². The molecule has 0 spiro atoms. The summed E-state index contributed by atoms with van der Waals surface area (Å²) in [5, 5.41) is 0. The molecule has 2 aromatic rings. The van der Waals surface area contributed by atoms with Gasteiger partial charge in [0.05, 0.1) is 0 Å². The molecule has 0 nitrogen and oxygen atoms in total. The van der Waals surface area contributed by atoms with Crippen molar-refractivity contribution < 1.29 is 4.39 Å². The highest BCUT2D eigenvalue weighted by molar-refractivity contribution is 5.65. The van der Waals surface area contributed by atoms with Crippen LogP contribution in [-0.4, -0.2) is 0 Å². The van der Waals surface area contributed by atoms with E-state index in [2.05, 4.69) is 68.5 Å². The smallest absolute Gasteiger partial charge is 0.131 e. The molecule has 0 aliphatic heterocycles. The number of aryl methyl sites for hydroxylation is 1. The Morgan fingerprint density at radius 2 is 1.65 bits per heavy atom. The minimum atomic E-state index is -0.0712. The molecule has 2 fully saturated rings. The average Bonchev–Trinajstić information content (AvgIpc) is 2.80. The van der Waals surface area contributed by atoms with E-state index in [1.807, 2.05) is 12.1 Å². The van der Waals surface area contributed by atoms with Gasteiger partial charge in [-0.1, -0.05) is 60.7 Å². The standard InChI is InChI=1S/C30H37F/c1-3-5-6-8-22-9-12-24(13-10-22)29-18-17-28(21-30(29)31)27-16-15-25-19-23(7-4-2)11-14-26(25)20-27/h3-5,7,9-10,12-13,17-18,21,23,25-27H,6,8,11,14-16,19-20H2,1-2H3/b5-3+,7-4+. The monoisotopic (exact) mass is 416 g/mol. The first-order valence-electron chi connectivity index (χ1n) is 12.3. The fourth-order valence-corrected chi connectivity index (χ4v) is 5.96. The topological polar surface area (TPSA) is 0 Å². The van der Waals surface area contributed by atoms with Crippen LogP contribution in [0.15, 0.2) is 66.8 Å². The van der Waals surface area contributed by atoms with Gasteiger partial charge < -0.3 is 0 Å². The van der Waals surface area contributed by atoms with Gasteiger partial charge in [-0.05, 0) is 112 Å². The maximum atomic E-state index is 15.1.